The van der Waals surface area contributed by atoms with Gasteiger partial charge in [0.2, 0.25) is 0 Å². The summed E-state index contributed by atoms with van der Waals surface area (Å²) < 4.78 is 0. The van der Waals surface area contributed by atoms with E-state index < -0.39 is 0 Å². The fourth-order valence-electron chi connectivity index (χ4n) is 0.591. The van der Waals surface area contributed by atoms with E-state index >= 15 is 0 Å². The third kappa shape index (κ3) is 32.5. The van der Waals surface area contributed by atoms with Gasteiger partial charge in [-0.1, -0.05) is 39.5 Å². The molecule has 2 nitrogen and oxygen atoms in total. The summed E-state index contributed by atoms with van der Waals surface area (Å²) in [5.74, 6) is 1.45. The molecule has 0 heterocycles. The van der Waals surface area contributed by atoms with Crippen molar-refractivity contribution < 1.29 is 26.2 Å². The minimum atomic E-state index is 0. The second-order valence-corrected chi connectivity index (χ2v) is 3.69. The van der Waals surface area contributed by atoms with Gasteiger partial charge in [-0.05, 0) is 6.92 Å². The molecule has 0 aromatic rings. The molecular formula is C10H24NOW-. The normalized spacial score (nSPS) is 9.23. The molecule has 0 rings (SSSR count). The van der Waals surface area contributed by atoms with E-state index in [4.69, 9.17) is 5.11 Å². The Kier molecular flexibility index (Phi) is 22.3. The Morgan fingerprint density at radius 2 is 1.23 bits per heavy atom. The molecule has 13 heavy (non-hydrogen) atoms. The van der Waals surface area contributed by atoms with Gasteiger partial charge in [-0.2, -0.15) is 0 Å². The molecule has 0 spiro atoms. The van der Waals surface area contributed by atoms with Crippen LogP contribution in [0, 0.1) is 11.8 Å². The van der Waals surface area contributed by atoms with E-state index in [1.165, 1.54) is 0 Å². The average molecular weight is 358 g/mol. The van der Waals surface area contributed by atoms with Crippen LogP contribution in [0.5, 0.6) is 0 Å². The predicted molar refractivity (Wildman–Crippen MR) is 55.5 cm³/mol. The quantitative estimate of drug-likeness (QED) is 0.824. The standard InChI is InChI=1S/C8H18N.C2H6O.W/c1-7(2)5-9-6-8(3)4;1-2-3;/h7-8H,5-6H2,1-4H3;3H,2H2,1H3;/q-1;;. The maximum atomic E-state index is 7.57. The zero-order chi connectivity index (χ0) is 9.98. The number of rotatable bonds is 4. The summed E-state index contributed by atoms with van der Waals surface area (Å²) in [7, 11) is 0. The minimum Gasteiger partial charge on any atom is -0.662 e. The molecule has 0 radical (unpaired) electrons. The van der Waals surface area contributed by atoms with Crippen LogP contribution < -0.4 is 0 Å². The molecule has 0 amide bonds. The summed E-state index contributed by atoms with van der Waals surface area (Å²) in [6.45, 7) is 12.8. The fraction of sp³-hybridized carbons (Fsp3) is 1.00. The molecule has 0 aromatic carbocycles. The van der Waals surface area contributed by atoms with Crippen molar-refractivity contribution in [2.24, 2.45) is 11.8 Å². The molecule has 0 aliphatic carbocycles. The summed E-state index contributed by atoms with van der Waals surface area (Å²) in [4.78, 5) is 0. The molecule has 0 saturated carbocycles. The van der Waals surface area contributed by atoms with Gasteiger partial charge in [0.05, 0.1) is 0 Å². The Hall–Kier alpha value is 0.608. The van der Waals surface area contributed by atoms with Gasteiger partial charge in [-0.25, -0.2) is 0 Å². The topological polar surface area (TPSA) is 34.3 Å². The fourth-order valence-corrected chi connectivity index (χ4v) is 0.591. The van der Waals surface area contributed by atoms with Crippen molar-refractivity contribution in [3.63, 3.8) is 0 Å². The number of nitrogens with zero attached hydrogens (tertiary/aromatic N) is 1. The van der Waals surface area contributed by atoms with Crippen LogP contribution in [0.4, 0.5) is 0 Å². The Morgan fingerprint density at radius 3 is 1.38 bits per heavy atom. The van der Waals surface area contributed by atoms with Crippen molar-refractivity contribution in [2.75, 3.05) is 19.7 Å². The average Bonchev–Trinajstić information content (AvgIpc) is 1.87. The molecule has 0 bridgehead atoms. The Morgan fingerprint density at radius 1 is 1.00 bits per heavy atom. The molecule has 0 aliphatic heterocycles. The summed E-state index contributed by atoms with van der Waals surface area (Å²) in [5, 5.41) is 11.9. The van der Waals surface area contributed by atoms with Crippen molar-refractivity contribution in [2.45, 2.75) is 34.6 Å². The van der Waals surface area contributed by atoms with E-state index in [1.54, 1.807) is 6.92 Å². The molecular weight excluding hydrogens is 334 g/mol. The first kappa shape index (κ1) is 19.2. The van der Waals surface area contributed by atoms with Gasteiger partial charge in [0.25, 0.3) is 0 Å². The van der Waals surface area contributed by atoms with Gasteiger partial charge in [-0.3, -0.25) is 0 Å². The van der Waals surface area contributed by atoms with Crippen LogP contribution in [0.25, 0.3) is 5.32 Å². The van der Waals surface area contributed by atoms with E-state index in [1.807, 2.05) is 0 Å². The van der Waals surface area contributed by atoms with Gasteiger partial charge in [0, 0.05) is 27.7 Å². The van der Waals surface area contributed by atoms with Gasteiger partial charge >= 0.3 is 0 Å². The molecule has 0 atom stereocenters. The first-order valence-electron chi connectivity index (χ1n) is 4.78. The van der Waals surface area contributed by atoms with Crippen molar-refractivity contribution in [1.82, 2.24) is 0 Å². The van der Waals surface area contributed by atoms with E-state index in [0.29, 0.717) is 0 Å². The monoisotopic (exact) mass is 358 g/mol. The summed E-state index contributed by atoms with van der Waals surface area (Å²) in [6.07, 6.45) is 0. The van der Waals surface area contributed by atoms with Gasteiger partial charge in [-0.15, -0.1) is 13.1 Å². The molecule has 82 valence electrons. The number of aliphatic hydroxyl groups is 1. The largest absolute Gasteiger partial charge is 0.662 e. The molecule has 0 fully saturated rings. The number of hydrogen-bond acceptors (Lipinski definition) is 1. The van der Waals surface area contributed by atoms with Crippen LogP contribution in [0.1, 0.15) is 34.6 Å². The Bertz CT molecular complexity index is 69.3. The second-order valence-electron chi connectivity index (χ2n) is 3.69. The SMILES string of the molecule is CC(C)C[N-]CC(C)C.CCO.[W]. The molecule has 3 heteroatoms. The van der Waals surface area contributed by atoms with E-state index in [-0.39, 0.29) is 27.7 Å². The minimum absolute atomic E-state index is 0. The van der Waals surface area contributed by atoms with E-state index in [9.17, 15) is 0 Å². The molecule has 0 aromatic heterocycles. The molecule has 0 aliphatic rings. The summed E-state index contributed by atoms with van der Waals surface area (Å²) >= 11 is 0. The first-order valence-corrected chi connectivity index (χ1v) is 4.78. The first-order chi connectivity index (χ1) is 5.54. The number of aliphatic hydroxyl groups excluding tert-OH is 1. The number of hydrogen-bond donors (Lipinski definition) is 1. The smallest absolute Gasteiger partial charge is 0.0402 e. The zero-order valence-corrected chi connectivity index (χ0v) is 12.5. The molecule has 1 N–H and O–H groups in total. The maximum absolute atomic E-state index is 7.57. The van der Waals surface area contributed by atoms with Crippen LogP contribution in [0.15, 0.2) is 0 Å². The van der Waals surface area contributed by atoms with Crippen molar-refractivity contribution in [3.8, 4) is 0 Å². The van der Waals surface area contributed by atoms with Gasteiger partial charge < -0.3 is 10.4 Å². The van der Waals surface area contributed by atoms with Crippen molar-refractivity contribution in [1.29, 1.82) is 0 Å². The van der Waals surface area contributed by atoms with Gasteiger partial charge in [0.1, 0.15) is 0 Å². The third-order valence-corrected chi connectivity index (χ3v) is 0.988. The van der Waals surface area contributed by atoms with Crippen LogP contribution in [-0.2, 0) is 21.1 Å². The van der Waals surface area contributed by atoms with Crippen molar-refractivity contribution >= 4 is 0 Å². The predicted octanol–water partition coefficient (Wildman–Crippen LogP) is 2.67. The Balaban J connectivity index is -0.000000220. The molecule has 0 saturated heterocycles. The molecule has 0 unspecified atom stereocenters. The maximum Gasteiger partial charge on any atom is 0.0402 e. The van der Waals surface area contributed by atoms with Crippen LogP contribution in [0.2, 0.25) is 0 Å². The third-order valence-electron chi connectivity index (χ3n) is 0.988. The van der Waals surface area contributed by atoms with Crippen LogP contribution in [-0.4, -0.2) is 24.8 Å². The van der Waals surface area contributed by atoms with Gasteiger partial charge in [0.15, 0.2) is 0 Å². The zero-order valence-electron chi connectivity index (χ0n) is 9.58. The van der Waals surface area contributed by atoms with Crippen LogP contribution >= 0.6 is 0 Å². The summed E-state index contributed by atoms with van der Waals surface area (Å²) in [5.41, 5.74) is 0. The van der Waals surface area contributed by atoms with Crippen molar-refractivity contribution in [3.05, 3.63) is 5.32 Å². The second kappa shape index (κ2) is 15.1. The summed E-state index contributed by atoms with van der Waals surface area (Å²) in [6, 6.07) is 0. The Labute approximate surface area is 97.8 Å². The van der Waals surface area contributed by atoms with E-state index in [2.05, 4.69) is 33.0 Å². The van der Waals surface area contributed by atoms with E-state index in [0.717, 1.165) is 24.9 Å². The van der Waals surface area contributed by atoms with Crippen LogP contribution in [0.3, 0.4) is 0 Å².